The zero-order valence-corrected chi connectivity index (χ0v) is 31.5. The molecule has 1 aliphatic rings. The number of anilines is 2. The van der Waals surface area contributed by atoms with Gasteiger partial charge in [0.25, 0.3) is 0 Å². The van der Waals surface area contributed by atoms with Crippen molar-refractivity contribution in [2.24, 2.45) is 4.99 Å². The summed E-state index contributed by atoms with van der Waals surface area (Å²) in [6.07, 6.45) is 30.3. The summed E-state index contributed by atoms with van der Waals surface area (Å²) >= 11 is 0. The molecular formula is C47H57N3O2. The maximum Gasteiger partial charge on any atom is 0.230 e. The average molecular weight is 696 g/mol. The van der Waals surface area contributed by atoms with Gasteiger partial charge in [0.2, 0.25) is 5.91 Å². The first-order valence-corrected chi connectivity index (χ1v) is 19.0. The van der Waals surface area contributed by atoms with Gasteiger partial charge in [0.15, 0.2) is 0 Å². The SMILES string of the molecule is C=C(CCC/C=C\C/C=C\C/C=C\C/C=C\CCCCC)Nc1ccc(NC(=O)CC2=C(c3ccc(OC)cc3)C(c3ccc(CC)cc3)=N2)cc1. The van der Waals surface area contributed by atoms with E-state index in [0.29, 0.717) is 0 Å². The first-order valence-electron chi connectivity index (χ1n) is 19.0. The van der Waals surface area contributed by atoms with Crippen LogP contribution in [0.4, 0.5) is 11.4 Å². The first kappa shape index (κ1) is 39.6. The lowest BCUT2D eigenvalue weighted by Gasteiger charge is -2.24. The molecule has 2 N–H and O–H groups in total. The van der Waals surface area contributed by atoms with Crippen molar-refractivity contribution in [1.29, 1.82) is 0 Å². The fourth-order valence-electron chi connectivity index (χ4n) is 5.88. The molecule has 272 valence electrons. The van der Waals surface area contributed by atoms with E-state index in [1.165, 1.54) is 31.2 Å². The van der Waals surface area contributed by atoms with E-state index < -0.39 is 0 Å². The minimum Gasteiger partial charge on any atom is -0.497 e. The predicted molar refractivity (Wildman–Crippen MR) is 223 cm³/mol. The van der Waals surface area contributed by atoms with Gasteiger partial charge in [0.05, 0.1) is 24.9 Å². The van der Waals surface area contributed by atoms with Crippen LogP contribution in [0.5, 0.6) is 5.75 Å². The van der Waals surface area contributed by atoms with Crippen molar-refractivity contribution in [2.75, 3.05) is 17.7 Å². The van der Waals surface area contributed by atoms with Crippen molar-refractivity contribution in [3.8, 4) is 5.75 Å². The Morgan fingerprint density at radius 1 is 0.692 bits per heavy atom. The zero-order chi connectivity index (χ0) is 36.8. The Balaban J connectivity index is 1.16. The van der Waals surface area contributed by atoms with Gasteiger partial charge < -0.3 is 15.4 Å². The van der Waals surface area contributed by atoms with Crippen LogP contribution < -0.4 is 15.4 Å². The molecule has 1 amide bonds. The highest BCUT2D eigenvalue weighted by molar-refractivity contribution is 6.37. The Hall–Kier alpha value is -5.16. The van der Waals surface area contributed by atoms with E-state index >= 15 is 0 Å². The molecule has 5 heteroatoms. The topological polar surface area (TPSA) is 62.7 Å². The molecule has 0 aromatic heterocycles. The number of nitrogens with zero attached hydrogens (tertiary/aromatic N) is 1. The van der Waals surface area contributed by atoms with Gasteiger partial charge in [-0.3, -0.25) is 9.79 Å². The number of allylic oxidation sites excluding steroid dienone is 10. The van der Waals surface area contributed by atoms with E-state index in [-0.39, 0.29) is 12.3 Å². The molecule has 3 aromatic rings. The summed E-state index contributed by atoms with van der Waals surface area (Å²) in [7, 11) is 1.66. The van der Waals surface area contributed by atoms with E-state index in [1.807, 2.05) is 48.5 Å². The Bertz CT molecular complexity index is 1740. The number of aryl methyl sites for hydroxylation is 1. The van der Waals surface area contributed by atoms with E-state index in [1.54, 1.807) is 7.11 Å². The van der Waals surface area contributed by atoms with Crippen molar-refractivity contribution >= 4 is 28.6 Å². The number of nitrogens with one attached hydrogen (secondary N) is 2. The van der Waals surface area contributed by atoms with Gasteiger partial charge in [-0.1, -0.05) is 118 Å². The lowest BCUT2D eigenvalue weighted by molar-refractivity contribution is -0.115. The molecule has 4 rings (SSSR count). The Morgan fingerprint density at radius 2 is 1.25 bits per heavy atom. The second-order valence-electron chi connectivity index (χ2n) is 13.1. The highest BCUT2D eigenvalue weighted by Gasteiger charge is 2.27. The zero-order valence-electron chi connectivity index (χ0n) is 31.5. The number of benzene rings is 3. The smallest absolute Gasteiger partial charge is 0.230 e. The lowest BCUT2D eigenvalue weighted by Crippen LogP contribution is -2.20. The third kappa shape index (κ3) is 13.5. The summed E-state index contributed by atoms with van der Waals surface area (Å²) < 4.78 is 5.36. The number of carbonyl (C=O) groups is 1. The van der Waals surface area contributed by atoms with Crippen LogP contribution in [0, 0.1) is 0 Å². The molecule has 0 unspecified atom stereocenters. The van der Waals surface area contributed by atoms with Crippen LogP contribution in [0.1, 0.15) is 101 Å². The Kier molecular flexibility index (Phi) is 17.2. The van der Waals surface area contributed by atoms with Gasteiger partial charge in [0.1, 0.15) is 5.75 Å². The van der Waals surface area contributed by atoms with Gasteiger partial charge in [-0.15, -0.1) is 0 Å². The number of ether oxygens (including phenoxy) is 1. The van der Waals surface area contributed by atoms with E-state index in [9.17, 15) is 4.79 Å². The normalized spacial score (nSPS) is 12.9. The van der Waals surface area contributed by atoms with Gasteiger partial charge in [-0.05, 0) is 105 Å². The Morgan fingerprint density at radius 3 is 1.83 bits per heavy atom. The predicted octanol–water partition coefficient (Wildman–Crippen LogP) is 12.6. The van der Waals surface area contributed by atoms with Crippen molar-refractivity contribution < 1.29 is 9.53 Å². The molecule has 5 nitrogen and oxygen atoms in total. The van der Waals surface area contributed by atoms with Crippen molar-refractivity contribution in [3.63, 3.8) is 0 Å². The van der Waals surface area contributed by atoms with Crippen molar-refractivity contribution in [3.05, 3.63) is 156 Å². The summed E-state index contributed by atoms with van der Waals surface area (Å²) in [6, 6.07) is 24.2. The maximum absolute atomic E-state index is 13.1. The second-order valence-corrected chi connectivity index (χ2v) is 13.1. The molecule has 0 saturated heterocycles. The molecule has 0 atom stereocenters. The van der Waals surface area contributed by atoms with Crippen LogP contribution in [0.2, 0.25) is 0 Å². The number of hydrogen-bond donors (Lipinski definition) is 2. The Labute approximate surface area is 312 Å². The molecular weight excluding hydrogens is 639 g/mol. The summed E-state index contributed by atoms with van der Waals surface area (Å²) in [5.74, 6) is 0.685. The molecule has 3 aromatic carbocycles. The quantitative estimate of drug-likeness (QED) is 0.0767. The number of unbranched alkanes of at least 4 members (excludes halogenated alkanes) is 4. The fraction of sp³-hybridized carbons (Fsp3) is 0.319. The summed E-state index contributed by atoms with van der Waals surface area (Å²) in [5, 5.41) is 6.44. The third-order valence-corrected chi connectivity index (χ3v) is 8.91. The largest absolute Gasteiger partial charge is 0.497 e. The van der Waals surface area contributed by atoms with Crippen LogP contribution in [-0.4, -0.2) is 18.7 Å². The molecule has 0 fully saturated rings. The summed E-state index contributed by atoms with van der Waals surface area (Å²) in [4.78, 5) is 18.0. The minimum atomic E-state index is -0.105. The highest BCUT2D eigenvalue weighted by Crippen LogP contribution is 2.36. The van der Waals surface area contributed by atoms with Crippen LogP contribution in [0.15, 0.2) is 144 Å². The van der Waals surface area contributed by atoms with Gasteiger partial charge in [-0.2, -0.15) is 0 Å². The van der Waals surface area contributed by atoms with Crippen LogP contribution in [-0.2, 0) is 11.2 Å². The summed E-state index contributed by atoms with van der Waals surface area (Å²) in [6.45, 7) is 8.60. The molecule has 0 saturated carbocycles. The van der Waals surface area contributed by atoms with Gasteiger partial charge in [-0.25, -0.2) is 0 Å². The van der Waals surface area contributed by atoms with Crippen LogP contribution in [0.25, 0.3) is 5.57 Å². The average Bonchev–Trinajstić information content (AvgIpc) is 3.15. The third-order valence-electron chi connectivity index (χ3n) is 8.91. The lowest BCUT2D eigenvalue weighted by atomic mass is 9.88. The molecule has 0 spiro atoms. The van der Waals surface area contributed by atoms with Crippen LogP contribution >= 0.6 is 0 Å². The van der Waals surface area contributed by atoms with Gasteiger partial charge >= 0.3 is 0 Å². The second kappa shape index (κ2) is 22.6. The molecule has 0 radical (unpaired) electrons. The summed E-state index contributed by atoms with van der Waals surface area (Å²) in [5.41, 5.74) is 8.71. The van der Waals surface area contributed by atoms with E-state index in [0.717, 1.165) is 95.9 Å². The standard InChI is InChI=1S/C47H57N3O2/c1-5-7-8-9-10-11-12-13-14-15-16-17-18-19-20-21-22-23-37(3)48-41-30-32-42(33-31-41)49-45(51)36-44-46(39-28-34-43(52-4)35-29-39)47(50-44)40-26-24-38(6-2)25-27-40/h10-11,13-14,16-17,19-20,24-35,48H,3,5-9,12,15,18,21-23,36H2,1-2,4H3,(H,49,51)/b11-10-,14-13-,17-16-,20-19-. The number of carbonyl (C=O) groups excluding carboxylic acids is 1. The maximum atomic E-state index is 13.1. The van der Waals surface area contributed by atoms with Gasteiger partial charge in [0, 0.05) is 28.2 Å². The molecule has 0 bridgehead atoms. The number of aliphatic imine (C=N–C) groups is 1. The highest BCUT2D eigenvalue weighted by atomic mass is 16.5. The minimum absolute atomic E-state index is 0.105. The molecule has 1 heterocycles. The number of rotatable bonds is 23. The van der Waals surface area contributed by atoms with Crippen molar-refractivity contribution in [1.82, 2.24) is 0 Å². The van der Waals surface area contributed by atoms with E-state index in [2.05, 4.69) is 104 Å². The first-order chi connectivity index (χ1) is 25.5. The fourth-order valence-corrected chi connectivity index (χ4v) is 5.88. The molecule has 0 aliphatic carbocycles. The molecule has 52 heavy (non-hydrogen) atoms. The number of methoxy groups -OCH3 is 1. The van der Waals surface area contributed by atoms with Crippen molar-refractivity contribution in [2.45, 2.75) is 90.9 Å². The van der Waals surface area contributed by atoms with Crippen LogP contribution in [0.3, 0.4) is 0 Å². The number of amides is 1. The molecule has 1 aliphatic heterocycles. The monoisotopic (exact) mass is 695 g/mol. The van der Waals surface area contributed by atoms with E-state index in [4.69, 9.17) is 9.73 Å². The number of hydrogen-bond acceptors (Lipinski definition) is 4.